The summed E-state index contributed by atoms with van der Waals surface area (Å²) < 4.78 is 10.7. The largest absolute Gasteiger partial charge is 0.497 e. The Morgan fingerprint density at radius 2 is 1.91 bits per heavy atom. The van der Waals surface area contributed by atoms with Crippen LogP contribution in [0, 0.1) is 0 Å². The average Bonchev–Trinajstić information content (AvgIpc) is 3.04. The molecule has 0 aliphatic heterocycles. The average molecular weight is 332 g/mol. The Labute approximate surface area is 138 Å². The number of nitrogens with zero attached hydrogens (tertiary/aromatic N) is 1. The van der Waals surface area contributed by atoms with E-state index in [1.807, 2.05) is 47.8 Å². The van der Waals surface area contributed by atoms with Gasteiger partial charge in [-0.25, -0.2) is 4.98 Å². The van der Waals surface area contributed by atoms with Crippen molar-refractivity contribution < 1.29 is 9.47 Å². The Kier molecular flexibility index (Phi) is 4.32. The van der Waals surface area contributed by atoms with Gasteiger partial charge in [-0.05, 0) is 30.3 Å². The number of ether oxygens (including phenoxy) is 2. The maximum Gasteiger partial charge on any atom is 0.128 e. The van der Waals surface area contributed by atoms with E-state index in [2.05, 4.69) is 0 Å². The summed E-state index contributed by atoms with van der Waals surface area (Å²) in [5, 5.41) is 3.63. The van der Waals surface area contributed by atoms with E-state index in [4.69, 9.17) is 26.1 Å². The molecule has 0 atom stereocenters. The number of aromatic nitrogens is 1. The van der Waals surface area contributed by atoms with Crippen LogP contribution in [-0.4, -0.2) is 19.2 Å². The summed E-state index contributed by atoms with van der Waals surface area (Å²) in [6.45, 7) is 0. The first-order chi connectivity index (χ1) is 10.7. The highest BCUT2D eigenvalue weighted by Gasteiger charge is 2.12. The summed E-state index contributed by atoms with van der Waals surface area (Å²) >= 11 is 7.62. The maximum absolute atomic E-state index is 6.05. The molecule has 3 nitrogen and oxygen atoms in total. The van der Waals surface area contributed by atoms with Crippen LogP contribution in [0.25, 0.3) is 21.8 Å². The fraction of sp³-hybridized carbons (Fsp3) is 0.118. The summed E-state index contributed by atoms with van der Waals surface area (Å²) in [4.78, 5) is 4.70. The minimum atomic E-state index is 0.702. The van der Waals surface area contributed by atoms with E-state index >= 15 is 0 Å². The van der Waals surface area contributed by atoms with Gasteiger partial charge in [-0.3, -0.25) is 0 Å². The second-order valence-electron chi connectivity index (χ2n) is 4.61. The van der Waals surface area contributed by atoms with Gasteiger partial charge in [0.1, 0.15) is 16.5 Å². The lowest BCUT2D eigenvalue weighted by Crippen LogP contribution is -1.90. The van der Waals surface area contributed by atoms with Crippen molar-refractivity contribution in [3.63, 3.8) is 0 Å². The smallest absolute Gasteiger partial charge is 0.128 e. The molecule has 1 aromatic heterocycles. The normalized spacial score (nSPS) is 10.5. The molecular formula is C17H14ClNO2S. The fourth-order valence-corrected chi connectivity index (χ4v) is 3.17. The maximum atomic E-state index is 6.05. The van der Waals surface area contributed by atoms with Crippen LogP contribution in [0.15, 0.2) is 47.8 Å². The second kappa shape index (κ2) is 6.38. The van der Waals surface area contributed by atoms with Crippen LogP contribution in [0.1, 0.15) is 0 Å². The highest BCUT2D eigenvalue weighted by Crippen LogP contribution is 2.36. The van der Waals surface area contributed by atoms with Gasteiger partial charge in [-0.15, -0.1) is 11.3 Å². The minimum absolute atomic E-state index is 0.702. The number of benzene rings is 2. The van der Waals surface area contributed by atoms with Gasteiger partial charge in [0.25, 0.3) is 0 Å². The molecule has 0 saturated carbocycles. The topological polar surface area (TPSA) is 31.4 Å². The van der Waals surface area contributed by atoms with Crippen molar-refractivity contribution in [2.75, 3.05) is 14.2 Å². The van der Waals surface area contributed by atoms with E-state index in [0.29, 0.717) is 5.02 Å². The molecule has 0 saturated heterocycles. The van der Waals surface area contributed by atoms with E-state index < -0.39 is 0 Å². The van der Waals surface area contributed by atoms with Crippen LogP contribution in [0.5, 0.6) is 11.5 Å². The van der Waals surface area contributed by atoms with Gasteiger partial charge < -0.3 is 9.47 Å². The number of methoxy groups -OCH3 is 2. The van der Waals surface area contributed by atoms with E-state index in [9.17, 15) is 0 Å². The number of hydrogen-bond donors (Lipinski definition) is 0. The molecule has 22 heavy (non-hydrogen) atoms. The second-order valence-corrected chi connectivity index (χ2v) is 5.91. The molecule has 0 N–H and O–H groups in total. The monoisotopic (exact) mass is 331 g/mol. The SMILES string of the molecule is COc1ccc(OC)c(-c2csc(-c3cccc(Cl)c3)n2)c1. The Morgan fingerprint density at radius 3 is 2.64 bits per heavy atom. The van der Waals surface area contributed by atoms with Crippen LogP contribution in [0.4, 0.5) is 0 Å². The summed E-state index contributed by atoms with van der Waals surface area (Å²) in [7, 11) is 3.29. The molecule has 0 amide bonds. The zero-order valence-electron chi connectivity index (χ0n) is 12.2. The predicted molar refractivity (Wildman–Crippen MR) is 91.1 cm³/mol. The highest BCUT2D eigenvalue weighted by atomic mass is 35.5. The lowest BCUT2D eigenvalue weighted by atomic mass is 10.1. The quantitative estimate of drug-likeness (QED) is 0.662. The van der Waals surface area contributed by atoms with E-state index in [1.165, 1.54) is 0 Å². The van der Waals surface area contributed by atoms with Crippen LogP contribution in [0.2, 0.25) is 5.02 Å². The third-order valence-corrected chi connectivity index (χ3v) is 4.38. The Bertz CT molecular complexity index is 801. The lowest BCUT2D eigenvalue weighted by molar-refractivity contribution is 0.404. The van der Waals surface area contributed by atoms with E-state index in [0.717, 1.165) is 33.3 Å². The van der Waals surface area contributed by atoms with Crippen molar-refractivity contribution >= 4 is 22.9 Å². The predicted octanol–water partition coefficient (Wildman–Crippen LogP) is 5.15. The van der Waals surface area contributed by atoms with Crippen LogP contribution >= 0.6 is 22.9 Å². The molecule has 1 heterocycles. The molecule has 0 fully saturated rings. The molecule has 5 heteroatoms. The van der Waals surface area contributed by atoms with E-state index in [-0.39, 0.29) is 0 Å². The van der Waals surface area contributed by atoms with Gasteiger partial charge in [-0.1, -0.05) is 23.7 Å². The van der Waals surface area contributed by atoms with Crippen LogP contribution in [0.3, 0.4) is 0 Å². The van der Waals surface area contributed by atoms with Crippen molar-refractivity contribution in [2.45, 2.75) is 0 Å². The molecule has 0 aliphatic rings. The first-order valence-electron chi connectivity index (χ1n) is 6.65. The zero-order valence-corrected chi connectivity index (χ0v) is 13.7. The van der Waals surface area contributed by atoms with Crippen molar-refractivity contribution in [3.05, 3.63) is 52.9 Å². The summed E-state index contributed by atoms with van der Waals surface area (Å²) in [5.74, 6) is 1.54. The molecule has 2 aromatic carbocycles. The molecule has 0 spiro atoms. The molecule has 0 bridgehead atoms. The molecular weight excluding hydrogens is 318 g/mol. The van der Waals surface area contributed by atoms with Gasteiger partial charge in [0.15, 0.2) is 0 Å². The van der Waals surface area contributed by atoms with Crippen molar-refractivity contribution in [2.24, 2.45) is 0 Å². The van der Waals surface area contributed by atoms with Crippen molar-refractivity contribution in [1.82, 2.24) is 4.98 Å². The molecule has 0 radical (unpaired) electrons. The molecule has 0 unspecified atom stereocenters. The fourth-order valence-electron chi connectivity index (χ4n) is 2.17. The Hall–Kier alpha value is -2.04. The number of hydrogen-bond acceptors (Lipinski definition) is 4. The minimum Gasteiger partial charge on any atom is -0.497 e. The molecule has 0 aliphatic carbocycles. The van der Waals surface area contributed by atoms with Crippen LogP contribution < -0.4 is 9.47 Å². The van der Waals surface area contributed by atoms with Crippen LogP contribution in [-0.2, 0) is 0 Å². The van der Waals surface area contributed by atoms with Gasteiger partial charge in [0.2, 0.25) is 0 Å². The van der Waals surface area contributed by atoms with E-state index in [1.54, 1.807) is 25.6 Å². The zero-order chi connectivity index (χ0) is 15.5. The molecule has 3 rings (SSSR count). The molecule has 3 aromatic rings. The van der Waals surface area contributed by atoms with Gasteiger partial charge in [0, 0.05) is 21.5 Å². The van der Waals surface area contributed by atoms with Gasteiger partial charge in [0.05, 0.1) is 19.9 Å². The van der Waals surface area contributed by atoms with Gasteiger partial charge in [-0.2, -0.15) is 0 Å². The van der Waals surface area contributed by atoms with Crippen molar-refractivity contribution in [1.29, 1.82) is 0 Å². The number of rotatable bonds is 4. The molecule has 112 valence electrons. The number of thiazole rings is 1. The lowest BCUT2D eigenvalue weighted by Gasteiger charge is -2.08. The Morgan fingerprint density at radius 1 is 1.05 bits per heavy atom. The summed E-state index contributed by atoms with van der Waals surface area (Å²) in [6, 6.07) is 13.4. The summed E-state index contributed by atoms with van der Waals surface area (Å²) in [6.07, 6.45) is 0. The summed E-state index contributed by atoms with van der Waals surface area (Å²) in [5.41, 5.74) is 2.77. The third-order valence-electron chi connectivity index (χ3n) is 3.26. The Balaban J connectivity index is 2.04. The first-order valence-corrected chi connectivity index (χ1v) is 7.91. The third kappa shape index (κ3) is 2.93. The van der Waals surface area contributed by atoms with Gasteiger partial charge >= 0.3 is 0 Å². The highest BCUT2D eigenvalue weighted by molar-refractivity contribution is 7.13. The standard InChI is InChI=1S/C17H14ClNO2S/c1-20-13-6-7-16(21-2)14(9-13)15-10-22-17(19-15)11-4-3-5-12(18)8-11/h3-10H,1-2H3. The van der Waals surface area contributed by atoms with Crippen molar-refractivity contribution in [3.8, 4) is 33.3 Å². The first kappa shape index (κ1) is 14.9. The number of halogens is 1.